The van der Waals surface area contributed by atoms with Crippen LogP contribution in [0.2, 0.25) is 0 Å². The topological polar surface area (TPSA) is 37.8 Å². The maximum absolute atomic E-state index is 13.2. The number of halogens is 1. The summed E-state index contributed by atoms with van der Waals surface area (Å²) in [6.45, 7) is 4.10. The van der Waals surface area contributed by atoms with E-state index in [1.54, 1.807) is 23.6 Å². The van der Waals surface area contributed by atoms with Crippen LogP contribution in [-0.4, -0.2) is 9.97 Å². The molecule has 0 aliphatic rings. The lowest BCUT2D eigenvalue weighted by atomic mass is 10.1. The Bertz CT molecular complexity index is 754. The van der Waals surface area contributed by atoms with E-state index in [0.717, 1.165) is 16.1 Å². The number of aromatic nitrogens is 2. The van der Waals surface area contributed by atoms with Crippen LogP contribution in [-0.2, 0) is 0 Å². The van der Waals surface area contributed by atoms with Gasteiger partial charge in [-0.15, -0.1) is 11.3 Å². The molecule has 0 amide bonds. The molecule has 3 rings (SSSR count). The van der Waals surface area contributed by atoms with Gasteiger partial charge in [0.2, 0.25) is 0 Å². The molecule has 3 nitrogen and oxygen atoms in total. The van der Waals surface area contributed by atoms with Crippen LogP contribution in [0.15, 0.2) is 36.7 Å². The number of thiazole rings is 1. The Kier molecular flexibility index (Phi) is 3.36. The molecule has 0 aliphatic heterocycles. The maximum Gasteiger partial charge on any atom is 0.125 e. The van der Waals surface area contributed by atoms with Gasteiger partial charge >= 0.3 is 0 Å². The van der Waals surface area contributed by atoms with E-state index in [1.165, 1.54) is 17.0 Å². The molecule has 2 heterocycles. The summed E-state index contributed by atoms with van der Waals surface area (Å²) < 4.78 is 13.2. The Morgan fingerprint density at radius 3 is 2.85 bits per heavy atom. The standard InChI is InChI=1S/C15H14FN3S/c1-9-8-18-15(20-9)10(2)19-13-5-6-17-14-7-11(16)3-4-12(13)14/h3-8,10H,1-2H3,(H,17,19). The number of pyridine rings is 1. The lowest BCUT2D eigenvalue weighted by Gasteiger charge is -2.14. The van der Waals surface area contributed by atoms with E-state index in [9.17, 15) is 4.39 Å². The zero-order valence-electron chi connectivity index (χ0n) is 11.2. The zero-order chi connectivity index (χ0) is 14.1. The Morgan fingerprint density at radius 1 is 1.25 bits per heavy atom. The molecule has 0 saturated heterocycles. The van der Waals surface area contributed by atoms with Crippen LogP contribution in [0.5, 0.6) is 0 Å². The second-order valence-electron chi connectivity index (χ2n) is 4.70. The van der Waals surface area contributed by atoms with Gasteiger partial charge in [0.25, 0.3) is 0 Å². The average molecular weight is 287 g/mol. The number of nitrogens with zero attached hydrogens (tertiary/aromatic N) is 2. The molecule has 3 aromatic rings. The number of hydrogen-bond donors (Lipinski definition) is 1. The smallest absolute Gasteiger partial charge is 0.125 e. The number of anilines is 1. The third kappa shape index (κ3) is 2.49. The zero-order valence-corrected chi connectivity index (χ0v) is 12.0. The molecule has 1 aromatic carbocycles. The molecule has 1 atom stereocenters. The Morgan fingerprint density at radius 2 is 2.10 bits per heavy atom. The third-order valence-electron chi connectivity index (χ3n) is 3.09. The van der Waals surface area contributed by atoms with Crippen molar-refractivity contribution in [3.8, 4) is 0 Å². The van der Waals surface area contributed by atoms with Crippen LogP contribution in [0.25, 0.3) is 10.9 Å². The molecule has 2 aromatic heterocycles. The van der Waals surface area contributed by atoms with Crippen molar-refractivity contribution in [2.75, 3.05) is 5.32 Å². The Labute approximate surface area is 120 Å². The predicted octanol–water partition coefficient (Wildman–Crippen LogP) is 4.31. The highest BCUT2D eigenvalue weighted by Gasteiger charge is 2.11. The second kappa shape index (κ2) is 5.17. The minimum Gasteiger partial charge on any atom is -0.375 e. The van der Waals surface area contributed by atoms with Crippen LogP contribution in [0.1, 0.15) is 22.9 Å². The summed E-state index contributed by atoms with van der Waals surface area (Å²) in [6, 6.07) is 6.65. The molecular weight excluding hydrogens is 273 g/mol. The molecule has 0 saturated carbocycles. The minimum atomic E-state index is -0.272. The summed E-state index contributed by atoms with van der Waals surface area (Å²) in [5.41, 5.74) is 1.59. The first-order valence-electron chi connectivity index (χ1n) is 6.36. The highest BCUT2D eigenvalue weighted by molar-refractivity contribution is 7.11. The monoisotopic (exact) mass is 287 g/mol. The summed E-state index contributed by atoms with van der Waals surface area (Å²) in [5, 5.41) is 5.37. The van der Waals surface area contributed by atoms with Gasteiger partial charge < -0.3 is 5.32 Å². The fourth-order valence-electron chi connectivity index (χ4n) is 2.11. The van der Waals surface area contributed by atoms with Crippen LogP contribution in [0.4, 0.5) is 10.1 Å². The molecule has 0 bridgehead atoms. The molecule has 20 heavy (non-hydrogen) atoms. The third-order valence-corrected chi connectivity index (χ3v) is 4.18. The van der Waals surface area contributed by atoms with Crippen molar-refractivity contribution in [3.63, 3.8) is 0 Å². The lowest BCUT2D eigenvalue weighted by Crippen LogP contribution is -2.06. The van der Waals surface area contributed by atoms with Crippen molar-refractivity contribution in [3.05, 3.63) is 52.4 Å². The quantitative estimate of drug-likeness (QED) is 0.780. The van der Waals surface area contributed by atoms with E-state index >= 15 is 0 Å². The van der Waals surface area contributed by atoms with E-state index in [2.05, 4.69) is 22.2 Å². The van der Waals surface area contributed by atoms with Crippen molar-refractivity contribution < 1.29 is 4.39 Å². The van der Waals surface area contributed by atoms with E-state index in [-0.39, 0.29) is 11.9 Å². The van der Waals surface area contributed by atoms with Gasteiger partial charge in [-0.25, -0.2) is 9.37 Å². The van der Waals surface area contributed by atoms with Gasteiger partial charge in [0.05, 0.1) is 11.6 Å². The Balaban J connectivity index is 1.94. The van der Waals surface area contributed by atoms with Crippen molar-refractivity contribution in [2.45, 2.75) is 19.9 Å². The van der Waals surface area contributed by atoms with Gasteiger partial charge in [0.1, 0.15) is 10.8 Å². The summed E-state index contributed by atoms with van der Waals surface area (Å²) in [7, 11) is 0. The molecule has 1 unspecified atom stereocenters. The fourth-order valence-corrected chi connectivity index (χ4v) is 2.89. The van der Waals surface area contributed by atoms with Crippen LogP contribution in [0, 0.1) is 12.7 Å². The van der Waals surface area contributed by atoms with Gasteiger partial charge in [0.15, 0.2) is 0 Å². The molecule has 0 radical (unpaired) electrons. The lowest BCUT2D eigenvalue weighted by molar-refractivity contribution is 0.629. The first-order chi connectivity index (χ1) is 9.63. The summed E-state index contributed by atoms with van der Waals surface area (Å²) in [6.07, 6.45) is 3.56. The largest absolute Gasteiger partial charge is 0.375 e. The maximum atomic E-state index is 13.2. The number of aryl methyl sites for hydroxylation is 1. The van der Waals surface area contributed by atoms with E-state index in [4.69, 9.17) is 0 Å². The summed E-state index contributed by atoms with van der Waals surface area (Å²) >= 11 is 1.67. The van der Waals surface area contributed by atoms with Crippen molar-refractivity contribution >= 4 is 27.9 Å². The predicted molar refractivity (Wildman–Crippen MR) is 80.6 cm³/mol. The first kappa shape index (κ1) is 13.0. The molecule has 102 valence electrons. The van der Waals surface area contributed by atoms with Crippen molar-refractivity contribution in [2.24, 2.45) is 0 Å². The number of benzene rings is 1. The fraction of sp³-hybridized carbons (Fsp3) is 0.200. The van der Waals surface area contributed by atoms with Crippen LogP contribution in [0.3, 0.4) is 0 Å². The van der Waals surface area contributed by atoms with Gasteiger partial charge in [-0.1, -0.05) is 0 Å². The summed E-state index contributed by atoms with van der Waals surface area (Å²) in [5.74, 6) is -0.272. The van der Waals surface area contributed by atoms with E-state index in [1.807, 2.05) is 19.2 Å². The van der Waals surface area contributed by atoms with Gasteiger partial charge in [-0.2, -0.15) is 0 Å². The number of nitrogens with one attached hydrogen (secondary N) is 1. The normalized spacial score (nSPS) is 12.6. The van der Waals surface area contributed by atoms with Gasteiger partial charge in [0, 0.05) is 34.4 Å². The van der Waals surface area contributed by atoms with Crippen molar-refractivity contribution in [1.82, 2.24) is 9.97 Å². The molecule has 0 aliphatic carbocycles. The Hall–Kier alpha value is -2.01. The number of hydrogen-bond acceptors (Lipinski definition) is 4. The highest BCUT2D eigenvalue weighted by atomic mass is 32.1. The summed E-state index contributed by atoms with van der Waals surface area (Å²) in [4.78, 5) is 9.77. The molecular formula is C15H14FN3S. The van der Waals surface area contributed by atoms with Gasteiger partial charge in [-0.3, -0.25) is 4.98 Å². The molecule has 0 fully saturated rings. The SMILES string of the molecule is Cc1cnc(C(C)Nc2ccnc3cc(F)ccc23)s1. The van der Waals surface area contributed by atoms with Crippen molar-refractivity contribution in [1.29, 1.82) is 0 Å². The highest BCUT2D eigenvalue weighted by Crippen LogP contribution is 2.27. The molecule has 5 heteroatoms. The number of fused-ring (bicyclic) bond motifs is 1. The number of rotatable bonds is 3. The molecule has 0 spiro atoms. The van der Waals surface area contributed by atoms with E-state index in [0.29, 0.717) is 5.52 Å². The van der Waals surface area contributed by atoms with Gasteiger partial charge in [-0.05, 0) is 32.0 Å². The van der Waals surface area contributed by atoms with Crippen LogP contribution < -0.4 is 5.32 Å². The second-order valence-corrected chi connectivity index (χ2v) is 5.96. The van der Waals surface area contributed by atoms with E-state index < -0.39 is 0 Å². The minimum absolute atomic E-state index is 0.101. The first-order valence-corrected chi connectivity index (χ1v) is 7.18. The average Bonchev–Trinajstić information content (AvgIpc) is 2.85. The molecule has 1 N–H and O–H groups in total. The van der Waals surface area contributed by atoms with Crippen LogP contribution >= 0.6 is 11.3 Å².